The average molecular weight is 320 g/mol. The van der Waals surface area contributed by atoms with Gasteiger partial charge in [0.2, 0.25) is 0 Å². The summed E-state index contributed by atoms with van der Waals surface area (Å²) in [6, 6.07) is 2.13. The lowest BCUT2D eigenvalue weighted by molar-refractivity contribution is 0.193. The molecule has 0 aromatic carbocycles. The summed E-state index contributed by atoms with van der Waals surface area (Å²) in [7, 11) is 1.74. The van der Waals surface area contributed by atoms with Gasteiger partial charge in [-0.25, -0.2) is 0 Å². The molecule has 1 aromatic heterocycles. The third kappa shape index (κ3) is 6.00. The van der Waals surface area contributed by atoms with E-state index in [9.17, 15) is 0 Å². The molecule has 0 fully saturated rings. The largest absolute Gasteiger partial charge is 0.383 e. The molecule has 0 aliphatic heterocycles. The van der Waals surface area contributed by atoms with Gasteiger partial charge < -0.3 is 10.1 Å². The van der Waals surface area contributed by atoms with Gasteiger partial charge in [0, 0.05) is 29.5 Å². The quantitative estimate of drug-likeness (QED) is 0.737. The van der Waals surface area contributed by atoms with E-state index >= 15 is 0 Å². The minimum absolute atomic E-state index is 0.331. The molecular formula is C13H22BrNOS. The molecule has 0 saturated heterocycles. The van der Waals surface area contributed by atoms with Gasteiger partial charge in [-0.1, -0.05) is 13.8 Å². The van der Waals surface area contributed by atoms with E-state index in [2.05, 4.69) is 46.5 Å². The van der Waals surface area contributed by atoms with Gasteiger partial charge in [-0.15, -0.1) is 11.3 Å². The highest BCUT2D eigenvalue weighted by atomic mass is 79.9. The van der Waals surface area contributed by atoms with E-state index in [4.69, 9.17) is 4.74 Å². The third-order valence-electron chi connectivity index (χ3n) is 2.81. The lowest BCUT2D eigenvalue weighted by Gasteiger charge is -2.25. The van der Waals surface area contributed by atoms with E-state index in [1.807, 2.05) is 11.3 Å². The molecule has 1 rings (SSSR count). The van der Waals surface area contributed by atoms with Gasteiger partial charge in [0.05, 0.1) is 6.61 Å². The molecule has 0 bridgehead atoms. The molecule has 1 N–H and O–H groups in total. The van der Waals surface area contributed by atoms with Crippen LogP contribution in [0.15, 0.2) is 15.9 Å². The molecule has 0 aliphatic carbocycles. The van der Waals surface area contributed by atoms with Gasteiger partial charge in [-0.2, -0.15) is 0 Å². The van der Waals surface area contributed by atoms with Crippen molar-refractivity contribution in [2.75, 3.05) is 26.8 Å². The average Bonchev–Trinajstić information content (AvgIpc) is 2.68. The van der Waals surface area contributed by atoms with E-state index in [-0.39, 0.29) is 0 Å². The first kappa shape index (κ1) is 15.2. The van der Waals surface area contributed by atoms with E-state index in [0.717, 1.165) is 26.1 Å². The minimum atomic E-state index is 0.331. The van der Waals surface area contributed by atoms with Crippen LogP contribution in [0.3, 0.4) is 0 Å². The van der Waals surface area contributed by atoms with Gasteiger partial charge in [-0.05, 0) is 45.6 Å². The number of ether oxygens (including phenoxy) is 1. The Hall–Kier alpha value is 0.100. The van der Waals surface area contributed by atoms with Crippen LogP contribution < -0.4 is 5.32 Å². The number of methoxy groups -OCH3 is 1. The normalized spacial score (nSPS) is 12.0. The van der Waals surface area contributed by atoms with E-state index in [1.165, 1.54) is 15.8 Å². The van der Waals surface area contributed by atoms with Crippen molar-refractivity contribution in [3.05, 3.63) is 20.8 Å². The smallest absolute Gasteiger partial charge is 0.0587 e. The SMILES string of the molecule is COCCNCC(C)(C)CCc1sccc1Br. The molecule has 2 nitrogen and oxygen atoms in total. The maximum atomic E-state index is 5.02. The molecule has 0 spiro atoms. The van der Waals surface area contributed by atoms with Crippen LogP contribution in [0.25, 0.3) is 0 Å². The summed E-state index contributed by atoms with van der Waals surface area (Å²) in [6.45, 7) is 7.39. The third-order valence-corrected chi connectivity index (χ3v) is 4.79. The summed E-state index contributed by atoms with van der Waals surface area (Å²) in [4.78, 5) is 1.45. The fraction of sp³-hybridized carbons (Fsp3) is 0.692. The van der Waals surface area contributed by atoms with Crippen molar-refractivity contribution in [2.24, 2.45) is 5.41 Å². The first-order chi connectivity index (χ1) is 8.05. The van der Waals surface area contributed by atoms with Crippen molar-refractivity contribution in [1.82, 2.24) is 5.32 Å². The van der Waals surface area contributed by atoms with Crippen molar-refractivity contribution in [2.45, 2.75) is 26.7 Å². The van der Waals surface area contributed by atoms with Crippen LogP contribution in [-0.2, 0) is 11.2 Å². The highest BCUT2D eigenvalue weighted by Crippen LogP contribution is 2.28. The number of rotatable bonds is 8. The monoisotopic (exact) mass is 319 g/mol. The Morgan fingerprint density at radius 3 is 2.82 bits per heavy atom. The van der Waals surface area contributed by atoms with E-state index in [0.29, 0.717) is 5.41 Å². The van der Waals surface area contributed by atoms with Gasteiger partial charge in [0.15, 0.2) is 0 Å². The van der Waals surface area contributed by atoms with Crippen LogP contribution in [-0.4, -0.2) is 26.8 Å². The predicted octanol–water partition coefficient (Wildman–Crippen LogP) is 3.71. The van der Waals surface area contributed by atoms with Crippen molar-refractivity contribution in [3.8, 4) is 0 Å². The Bertz CT molecular complexity index is 325. The lowest BCUT2D eigenvalue weighted by atomic mass is 9.87. The molecule has 0 amide bonds. The summed E-state index contributed by atoms with van der Waals surface area (Å²) in [5.41, 5.74) is 0.331. The van der Waals surface area contributed by atoms with Crippen LogP contribution in [0, 0.1) is 5.41 Å². The van der Waals surface area contributed by atoms with Crippen LogP contribution in [0.5, 0.6) is 0 Å². The Labute approximate surface area is 117 Å². The zero-order valence-electron chi connectivity index (χ0n) is 10.9. The maximum absolute atomic E-state index is 5.02. The lowest BCUT2D eigenvalue weighted by Crippen LogP contribution is -2.31. The second kappa shape index (κ2) is 7.52. The highest BCUT2D eigenvalue weighted by Gasteiger charge is 2.18. The summed E-state index contributed by atoms with van der Waals surface area (Å²) in [5, 5.41) is 5.58. The number of thiophene rings is 1. The molecule has 0 saturated carbocycles. The minimum Gasteiger partial charge on any atom is -0.383 e. The first-order valence-electron chi connectivity index (χ1n) is 5.97. The van der Waals surface area contributed by atoms with Gasteiger partial charge >= 0.3 is 0 Å². The van der Waals surface area contributed by atoms with Crippen LogP contribution in [0.4, 0.5) is 0 Å². The second-order valence-electron chi connectivity index (χ2n) is 5.03. The van der Waals surface area contributed by atoms with Crippen molar-refractivity contribution in [1.29, 1.82) is 0 Å². The summed E-state index contributed by atoms with van der Waals surface area (Å²) >= 11 is 5.42. The summed E-state index contributed by atoms with van der Waals surface area (Å²) < 4.78 is 6.28. The molecule has 98 valence electrons. The van der Waals surface area contributed by atoms with Crippen LogP contribution in [0.1, 0.15) is 25.1 Å². The zero-order chi connectivity index (χ0) is 12.7. The Balaban J connectivity index is 2.26. The van der Waals surface area contributed by atoms with Crippen LogP contribution >= 0.6 is 27.3 Å². The predicted molar refractivity (Wildman–Crippen MR) is 78.9 cm³/mol. The molecule has 1 heterocycles. The summed E-state index contributed by atoms with van der Waals surface area (Å²) in [5.74, 6) is 0. The number of hydrogen-bond donors (Lipinski definition) is 1. The van der Waals surface area contributed by atoms with Crippen LogP contribution in [0.2, 0.25) is 0 Å². The molecule has 1 aromatic rings. The number of nitrogens with one attached hydrogen (secondary N) is 1. The van der Waals surface area contributed by atoms with Crippen molar-refractivity contribution in [3.63, 3.8) is 0 Å². The van der Waals surface area contributed by atoms with Crippen molar-refractivity contribution >= 4 is 27.3 Å². The van der Waals surface area contributed by atoms with E-state index < -0.39 is 0 Å². The standard InChI is InChI=1S/C13H22BrNOS/c1-13(2,10-15-7-8-16-3)6-4-12-11(14)5-9-17-12/h5,9,15H,4,6-8,10H2,1-3H3. The zero-order valence-corrected chi connectivity index (χ0v) is 13.3. The Morgan fingerprint density at radius 2 is 2.24 bits per heavy atom. The molecule has 0 unspecified atom stereocenters. The molecular weight excluding hydrogens is 298 g/mol. The van der Waals surface area contributed by atoms with E-state index in [1.54, 1.807) is 7.11 Å². The topological polar surface area (TPSA) is 21.3 Å². The molecule has 4 heteroatoms. The highest BCUT2D eigenvalue weighted by molar-refractivity contribution is 9.10. The maximum Gasteiger partial charge on any atom is 0.0587 e. The first-order valence-corrected chi connectivity index (χ1v) is 7.64. The van der Waals surface area contributed by atoms with Gasteiger partial charge in [-0.3, -0.25) is 0 Å². The number of aryl methyl sites for hydroxylation is 1. The second-order valence-corrected chi connectivity index (χ2v) is 6.88. The number of hydrogen-bond acceptors (Lipinski definition) is 3. The van der Waals surface area contributed by atoms with Crippen molar-refractivity contribution < 1.29 is 4.74 Å². The van der Waals surface area contributed by atoms with Gasteiger partial charge in [0.1, 0.15) is 0 Å². The Kier molecular flexibility index (Phi) is 6.70. The molecule has 17 heavy (non-hydrogen) atoms. The summed E-state index contributed by atoms with van der Waals surface area (Å²) in [6.07, 6.45) is 2.35. The number of halogens is 1. The Morgan fingerprint density at radius 1 is 1.47 bits per heavy atom. The molecule has 0 aliphatic rings. The molecule has 0 radical (unpaired) electrons. The fourth-order valence-electron chi connectivity index (χ4n) is 1.64. The van der Waals surface area contributed by atoms with Gasteiger partial charge in [0.25, 0.3) is 0 Å². The fourth-order valence-corrected chi connectivity index (χ4v) is 3.20. The molecule has 0 atom stereocenters.